The third-order valence-electron chi connectivity index (χ3n) is 3.67. The van der Waals surface area contributed by atoms with Gasteiger partial charge < -0.3 is 0 Å². The van der Waals surface area contributed by atoms with Crippen molar-refractivity contribution >= 4 is 15.9 Å². The van der Waals surface area contributed by atoms with Crippen molar-refractivity contribution in [3.8, 4) is 0 Å². The van der Waals surface area contributed by atoms with Crippen LogP contribution in [0.1, 0.15) is 32.6 Å². The molecule has 0 aromatic rings. The third kappa shape index (κ3) is 0.792. The number of halogens is 1. The van der Waals surface area contributed by atoms with Crippen molar-refractivity contribution in [2.45, 2.75) is 32.6 Å². The van der Waals surface area contributed by atoms with Gasteiger partial charge in [0.05, 0.1) is 0 Å². The third-order valence-corrected chi connectivity index (χ3v) is 4.72. The number of hydrogen-bond acceptors (Lipinski definition) is 0. The number of rotatable bonds is 2. The van der Waals surface area contributed by atoms with Crippen LogP contribution < -0.4 is 0 Å². The lowest BCUT2D eigenvalue weighted by Gasteiger charge is -2.33. The van der Waals surface area contributed by atoms with Gasteiger partial charge in [-0.3, -0.25) is 0 Å². The van der Waals surface area contributed by atoms with Crippen LogP contribution in [0.3, 0.4) is 0 Å². The molecule has 0 aromatic heterocycles. The first kappa shape index (κ1) is 7.15. The van der Waals surface area contributed by atoms with Crippen molar-refractivity contribution in [1.29, 1.82) is 0 Å². The second kappa shape index (κ2) is 2.23. The fourth-order valence-corrected chi connectivity index (χ4v) is 3.60. The quantitative estimate of drug-likeness (QED) is 0.604. The van der Waals surface area contributed by atoms with Gasteiger partial charge in [0.25, 0.3) is 0 Å². The van der Waals surface area contributed by atoms with Gasteiger partial charge in [0, 0.05) is 5.33 Å². The van der Waals surface area contributed by atoms with E-state index in [0.29, 0.717) is 0 Å². The van der Waals surface area contributed by atoms with E-state index >= 15 is 0 Å². The van der Waals surface area contributed by atoms with Gasteiger partial charge in [0.1, 0.15) is 0 Å². The normalized spacial score (nSPS) is 46.8. The van der Waals surface area contributed by atoms with E-state index in [1.54, 1.807) is 0 Å². The van der Waals surface area contributed by atoms with Crippen molar-refractivity contribution in [1.82, 2.24) is 0 Å². The zero-order chi connectivity index (χ0) is 7.19. The minimum atomic E-state index is 0.762. The fourth-order valence-electron chi connectivity index (χ4n) is 2.36. The van der Waals surface area contributed by atoms with Crippen molar-refractivity contribution < 1.29 is 0 Å². The minimum absolute atomic E-state index is 0.762. The van der Waals surface area contributed by atoms with Gasteiger partial charge in [-0.25, -0.2) is 0 Å². The van der Waals surface area contributed by atoms with Crippen LogP contribution in [0, 0.1) is 17.3 Å². The summed E-state index contributed by atoms with van der Waals surface area (Å²) >= 11 is 3.65. The molecule has 2 aliphatic carbocycles. The van der Waals surface area contributed by atoms with Gasteiger partial charge in [-0.05, 0) is 36.5 Å². The molecular weight excluding hydrogens is 188 g/mol. The second-order valence-corrected chi connectivity index (χ2v) is 4.66. The van der Waals surface area contributed by atoms with Gasteiger partial charge in [0.15, 0.2) is 0 Å². The predicted molar refractivity (Wildman–Crippen MR) is 47.3 cm³/mol. The Hall–Kier alpha value is 0.480. The smallest absolute Gasteiger partial charge is 0.00932 e. The molecule has 0 spiro atoms. The minimum Gasteiger partial charge on any atom is -0.0922 e. The molecule has 2 fully saturated rings. The molecule has 1 heteroatoms. The molecule has 0 N–H and O–H groups in total. The van der Waals surface area contributed by atoms with Crippen LogP contribution in [0.15, 0.2) is 0 Å². The summed E-state index contributed by atoms with van der Waals surface area (Å²) in [4.78, 5) is 0. The summed E-state index contributed by atoms with van der Waals surface area (Å²) in [6.45, 7) is 2.40. The van der Waals surface area contributed by atoms with Crippen LogP contribution in [0.5, 0.6) is 0 Å². The average Bonchev–Trinajstić information content (AvgIpc) is 2.39. The SMILES string of the molecule is CC1CC1(CBr)C1CCC1. The molecule has 0 heterocycles. The Morgan fingerprint density at radius 1 is 1.50 bits per heavy atom. The van der Waals surface area contributed by atoms with Crippen molar-refractivity contribution in [2.24, 2.45) is 17.3 Å². The van der Waals surface area contributed by atoms with E-state index < -0.39 is 0 Å². The average molecular weight is 203 g/mol. The van der Waals surface area contributed by atoms with Gasteiger partial charge in [0.2, 0.25) is 0 Å². The molecule has 0 radical (unpaired) electrons. The Balaban J connectivity index is 1.99. The Morgan fingerprint density at radius 2 is 2.10 bits per heavy atom. The monoisotopic (exact) mass is 202 g/mol. The maximum atomic E-state index is 3.65. The molecule has 2 aliphatic rings. The molecule has 2 atom stereocenters. The van der Waals surface area contributed by atoms with Crippen LogP contribution in [-0.4, -0.2) is 5.33 Å². The fraction of sp³-hybridized carbons (Fsp3) is 1.00. The molecule has 2 saturated carbocycles. The molecule has 0 bridgehead atoms. The Kier molecular flexibility index (Phi) is 1.59. The van der Waals surface area contributed by atoms with Gasteiger partial charge in [-0.1, -0.05) is 29.3 Å². The summed E-state index contributed by atoms with van der Waals surface area (Å²) in [5, 5.41) is 1.26. The standard InChI is InChI=1S/C9H15Br/c1-7-5-9(7,6-10)8-3-2-4-8/h7-8H,2-6H2,1H3. The molecular formula is C9H15Br. The number of hydrogen-bond donors (Lipinski definition) is 0. The largest absolute Gasteiger partial charge is 0.0922 e. The lowest BCUT2D eigenvalue weighted by Crippen LogP contribution is -2.25. The maximum absolute atomic E-state index is 3.65. The summed E-state index contributed by atoms with van der Waals surface area (Å²) in [7, 11) is 0. The van der Waals surface area contributed by atoms with E-state index in [-0.39, 0.29) is 0 Å². The van der Waals surface area contributed by atoms with Gasteiger partial charge in [-0.2, -0.15) is 0 Å². The molecule has 0 aliphatic heterocycles. The van der Waals surface area contributed by atoms with Crippen molar-refractivity contribution in [2.75, 3.05) is 5.33 Å². The second-order valence-electron chi connectivity index (χ2n) is 4.10. The summed E-state index contributed by atoms with van der Waals surface area (Å²) in [5.74, 6) is 2.10. The highest BCUT2D eigenvalue weighted by molar-refractivity contribution is 9.09. The molecule has 0 amide bonds. The highest BCUT2D eigenvalue weighted by Gasteiger charge is 2.56. The summed E-state index contributed by atoms with van der Waals surface area (Å²) in [5.41, 5.74) is 0.762. The lowest BCUT2D eigenvalue weighted by molar-refractivity contribution is 0.193. The Labute approximate surface area is 71.5 Å². The maximum Gasteiger partial charge on any atom is 0.00932 e. The topological polar surface area (TPSA) is 0 Å². The first-order valence-electron chi connectivity index (χ1n) is 4.35. The zero-order valence-electron chi connectivity index (χ0n) is 6.57. The molecule has 10 heavy (non-hydrogen) atoms. The lowest BCUT2D eigenvalue weighted by atomic mass is 9.73. The zero-order valence-corrected chi connectivity index (χ0v) is 8.15. The predicted octanol–water partition coefficient (Wildman–Crippen LogP) is 3.21. The molecule has 0 aromatic carbocycles. The van der Waals surface area contributed by atoms with Crippen LogP contribution in [0.4, 0.5) is 0 Å². The molecule has 2 rings (SSSR count). The Morgan fingerprint density at radius 3 is 2.20 bits per heavy atom. The van der Waals surface area contributed by atoms with Gasteiger partial charge >= 0.3 is 0 Å². The molecule has 0 nitrogen and oxygen atoms in total. The summed E-state index contributed by atoms with van der Waals surface area (Å²) in [6.07, 6.45) is 6.00. The molecule has 2 unspecified atom stereocenters. The first-order chi connectivity index (χ1) is 4.79. The van der Waals surface area contributed by atoms with E-state index in [1.807, 2.05) is 0 Å². The summed E-state index contributed by atoms with van der Waals surface area (Å²) < 4.78 is 0. The Bertz CT molecular complexity index is 136. The van der Waals surface area contributed by atoms with E-state index in [1.165, 1.54) is 31.0 Å². The van der Waals surface area contributed by atoms with Crippen LogP contribution in [-0.2, 0) is 0 Å². The number of alkyl halides is 1. The highest BCUT2D eigenvalue weighted by atomic mass is 79.9. The van der Waals surface area contributed by atoms with Gasteiger partial charge in [-0.15, -0.1) is 0 Å². The van der Waals surface area contributed by atoms with E-state index in [2.05, 4.69) is 22.9 Å². The van der Waals surface area contributed by atoms with Crippen molar-refractivity contribution in [3.63, 3.8) is 0 Å². The van der Waals surface area contributed by atoms with E-state index in [4.69, 9.17) is 0 Å². The van der Waals surface area contributed by atoms with Crippen LogP contribution >= 0.6 is 15.9 Å². The molecule has 0 saturated heterocycles. The first-order valence-corrected chi connectivity index (χ1v) is 5.48. The summed E-state index contributed by atoms with van der Waals surface area (Å²) in [6, 6.07) is 0. The van der Waals surface area contributed by atoms with Crippen LogP contribution in [0.25, 0.3) is 0 Å². The van der Waals surface area contributed by atoms with E-state index in [0.717, 1.165) is 17.3 Å². The van der Waals surface area contributed by atoms with E-state index in [9.17, 15) is 0 Å². The molecule has 58 valence electrons. The van der Waals surface area contributed by atoms with Crippen molar-refractivity contribution in [3.05, 3.63) is 0 Å². The highest BCUT2D eigenvalue weighted by Crippen LogP contribution is 2.63. The van der Waals surface area contributed by atoms with Crippen LogP contribution in [0.2, 0.25) is 0 Å².